The van der Waals surface area contributed by atoms with Crippen LogP contribution >= 0.6 is 0 Å². The number of nitrogens with one attached hydrogen (secondary N) is 3. The molecule has 1 aliphatic rings. The van der Waals surface area contributed by atoms with E-state index in [1.807, 2.05) is 50.5 Å². The third-order valence-corrected chi connectivity index (χ3v) is 4.10. The second kappa shape index (κ2) is 11.5. The summed E-state index contributed by atoms with van der Waals surface area (Å²) in [4.78, 5) is 13.1. The fraction of sp³-hybridized carbons (Fsp3) is 0.526. The average molecular weight is 365 g/mol. The lowest BCUT2D eigenvalue weighted by Crippen LogP contribution is -2.48. The molecule has 6 nitrogen and oxygen atoms in total. The van der Waals surface area contributed by atoms with E-state index in [0.717, 1.165) is 17.4 Å². The van der Waals surface area contributed by atoms with Gasteiger partial charge in [0.15, 0.2) is 0 Å². The van der Waals surface area contributed by atoms with E-state index in [2.05, 4.69) is 16.0 Å². The Bertz CT molecular complexity index is 568. The molecule has 0 aromatic rings. The molecule has 0 aliphatic carbocycles. The van der Waals surface area contributed by atoms with Crippen LogP contribution in [-0.2, 0) is 4.79 Å². The SMILES string of the molecule is CCC(C=O)=CC(=CNCC(C)F)CN/C=C1\C(N)C=CN(C)C1NC. The number of aldehydes is 1. The van der Waals surface area contributed by atoms with Crippen molar-refractivity contribution in [2.24, 2.45) is 5.73 Å². The average Bonchev–Trinajstić information content (AvgIpc) is 2.61. The fourth-order valence-corrected chi connectivity index (χ4v) is 2.63. The lowest BCUT2D eigenvalue weighted by atomic mass is 10.0. The van der Waals surface area contributed by atoms with Gasteiger partial charge in [0, 0.05) is 38.1 Å². The van der Waals surface area contributed by atoms with Gasteiger partial charge in [0.2, 0.25) is 0 Å². The summed E-state index contributed by atoms with van der Waals surface area (Å²) in [5, 5.41) is 9.43. The zero-order valence-corrected chi connectivity index (χ0v) is 16.1. The van der Waals surface area contributed by atoms with Crippen LogP contribution in [0.2, 0.25) is 0 Å². The maximum Gasteiger partial charge on any atom is 0.146 e. The molecule has 0 aromatic carbocycles. The predicted octanol–water partition coefficient (Wildman–Crippen LogP) is 1.16. The molecule has 0 amide bonds. The summed E-state index contributed by atoms with van der Waals surface area (Å²) < 4.78 is 13.0. The molecule has 0 spiro atoms. The van der Waals surface area contributed by atoms with Gasteiger partial charge < -0.3 is 21.3 Å². The standard InChI is InChI=1S/C19H32FN5O/c1-5-15(13-26)8-16(10-23-9-14(2)20)11-24-12-17-18(21)6-7-25(4)19(17)22-3/h6-8,10,12-14,18-19,22-24H,5,9,11,21H2,1-4H3/b15-8?,16-10?,17-12+. The molecule has 7 heteroatoms. The zero-order chi connectivity index (χ0) is 19.5. The van der Waals surface area contributed by atoms with E-state index in [1.54, 1.807) is 6.20 Å². The lowest BCUT2D eigenvalue weighted by Gasteiger charge is -2.34. The molecular formula is C19H32FN5O. The van der Waals surface area contributed by atoms with Crippen molar-refractivity contribution in [3.8, 4) is 0 Å². The van der Waals surface area contributed by atoms with Crippen molar-refractivity contribution >= 4 is 6.29 Å². The molecule has 5 N–H and O–H groups in total. The summed E-state index contributed by atoms with van der Waals surface area (Å²) in [5.74, 6) is 0. The van der Waals surface area contributed by atoms with Crippen molar-refractivity contribution in [1.82, 2.24) is 20.9 Å². The molecule has 146 valence electrons. The van der Waals surface area contributed by atoms with E-state index < -0.39 is 6.17 Å². The van der Waals surface area contributed by atoms with Gasteiger partial charge in [-0.05, 0) is 49.9 Å². The number of rotatable bonds is 10. The summed E-state index contributed by atoms with van der Waals surface area (Å²) in [6, 6.07) is -0.175. The Balaban J connectivity index is 2.85. The number of hydrogen-bond donors (Lipinski definition) is 4. The van der Waals surface area contributed by atoms with Crippen LogP contribution in [0.4, 0.5) is 4.39 Å². The number of halogens is 1. The Kier molecular flexibility index (Phi) is 9.69. The van der Waals surface area contributed by atoms with Crippen LogP contribution in [0.5, 0.6) is 0 Å². The van der Waals surface area contributed by atoms with E-state index in [0.29, 0.717) is 18.5 Å². The second-order valence-corrected chi connectivity index (χ2v) is 6.35. The fourth-order valence-electron chi connectivity index (χ4n) is 2.63. The Morgan fingerprint density at radius 2 is 2.15 bits per heavy atom. The molecule has 1 rings (SSSR count). The highest BCUT2D eigenvalue weighted by atomic mass is 19.1. The van der Waals surface area contributed by atoms with Crippen LogP contribution in [0.1, 0.15) is 20.3 Å². The normalized spacial score (nSPS) is 23.9. The van der Waals surface area contributed by atoms with E-state index in [4.69, 9.17) is 5.73 Å². The van der Waals surface area contributed by atoms with Gasteiger partial charge in [0.1, 0.15) is 18.6 Å². The molecule has 0 radical (unpaired) electrons. The Labute approximate surface area is 156 Å². The molecule has 0 bridgehead atoms. The monoisotopic (exact) mass is 365 g/mol. The van der Waals surface area contributed by atoms with Gasteiger partial charge in [-0.25, -0.2) is 4.39 Å². The minimum atomic E-state index is -0.942. The highest BCUT2D eigenvalue weighted by Crippen LogP contribution is 2.16. The van der Waals surface area contributed by atoms with Crippen LogP contribution in [0.25, 0.3) is 0 Å². The third-order valence-electron chi connectivity index (χ3n) is 4.10. The minimum absolute atomic E-state index is 0.0113. The minimum Gasteiger partial charge on any atom is -0.388 e. The van der Waals surface area contributed by atoms with Crippen LogP contribution in [0.3, 0.4) is 0 Å². The highest BCUT2D eigenvalue weighted by Gasteiger charge is 2.23. The van der Waals surface area contributed by atoms with Gasteiger partial charge in [-0.15, -0.1) is 0 Å². The van der Waals surface area contributed by atoms with Gasteiger partial charge in [-0.3, -0.25) is 10.1 Å². The summed E-state index contributed by atoms with van der Waals surface area (Å²) in [5.41, 5.74) is 8.73. The first-order valence-electron chi connectivity index (χ1n) is 8.91. The van der Waals surface area contributed by atoms with Crippen LogP contribution in [0, 0.1) is 0 Å². The topological polar surface area (TPSA) is 82.4 Å². The lowest BCUT2D eigenvalue weighted by molar-refractivity contribution is -0.105. The predicted molar refractivity (Wildman–Crippen MR) is 105 cm³/mol. The largest absolute Gasteiger partial charge is 0.388 e. The van der Waals surface area contributed by atoms with E-state index in [1.165, 1.54) is 6.92 Å². The molecule has 1 aliphatic heterocycles. The maximum atomic E-state index is 13.0. The summed E-state index contributed by atoms with van der Waals surface area (Å²) in [6.07, 6.45) is 9.90. The van der Waals surface area contributed by atoms with E-state index in [-0.39, 0.29) is 18.8 Å². The quantitative estimate of drug-likeness (QED) is 0.264. The van der Waals surface area contributed by atoms with Gasteiger partial charge in [0.25, 0.3) is 0 Å². The van der Waals surface area contributed by atoms with Crippen molar-refractivity contribution < 1.29 is 9.18 Å². The van der Waals surface area contributed by atoms with Crippen molar-refractivity contribution in [1.29, 1.82) is 0 Å². The molecule has 0 aromatic heterocycles. The zero-order valence-electron chi connectivity index (χ0n) is 16.1. The number of likely N-dealkylation sites (N-methyl/N-ethyl adjacent to an activating group) is 2. The van der Waals surface area contributed by atoms with Crippen LogP contribution < -0.4 is 21.7 Å². The van der Waals surface area contributed by atoms with Gasteiger partial charge in [0.05, 0.1) is 6.04 Å². The first-order chi connectivity index (χ1) is 12.4. The maximum absolute atomic E-state index is 13.0. The van der Waals surface area contributed by atoms with Crippen LogP contribution in [-0.4, -0.2) is 56.8 Å². The highest BCUT2D eigenvalue weighted by molar-refractivity contribution is 5.74. The number of carbonyl (C=O) groups is 1. The van der Waals surface area contributed by atoms with Crippen molar-refractivity contribution in [3.63, 3.8) is 0 Å². The Hall–Kier alpha value is -2.12. The number of allylic oxidation sites excluding steroid dienone is 1. The first-order valence-corrected chi connectivity index (χ1v) is 8.91. The first kappa shape index (κ1) is 21.9. The number of nitrogens with two attached hydrogens (primary N) is 1. The third kappa shape index (κ3) is 7.01. The summed E-state index contributed by atoms with van der Waals surface area (Å²) >= 11 is 0. The molecule has 26 heavy (non-hydrogen) atoms. The number of carbonyl (C=O) groups excluding carboxylic acids is 1. The molecule has 3 unspecified atom stereocenters. The Morgan fingerprint density at radius 1 is 1.42 bits per heavy atom. The van der Waals surface area contributed by atoms with Crippen molar-refractivity contribution in [3.05, 3.63) is 47.5 Å². The molecule has 1 heterocycles. The number of alkyl halides is 1. The Morgan fingerprint density at radius 3 is 2.73 bits per heavy atom. The molecule has 0 fully saturated rings. The van der Waals surface area contributed by atoms with E-state index >= 15 is 0 Å². The number of hydrogen-bond acceptors (Lipinski definition) is 6. The van der Waals surface area contributed by atoms with Gasteiger partial charge in [-0.2, -0.15) is 0 Å². The smallest absolute Gasteiger partial charge is 0.146 e. The summed E-state index contributed by atoms with van der Waals surface area (Å²) in [6.45, 7) is 4.13. The van der Waals surface area contributed by atoms with Gasteiger partial charge >= 0.3 is 0 Å². The second-order valence-electron chi connectivity index (χ2n) is 6.35. The van der Waals surface area contributed by atoms with Crippen molar-refractivity contribution in [2.75, 3.05) is 27.2 Å². The van der Waals surface area contributed by atoms with Crippen LogP contribution in [0.15, 0.2) is 47.5 Å². The molecule has 0 saturated heterocycles. The van der Waals surface area contributed by atoms with Crippen molar-refractivity contribution in [2.45, 2.75) is 38.6 Å². The van der Waals surface area contributed by atoms with Gasteiger partial charge in [-0.1, -0.05) is 6.92 Å². The summed E-state index contributed by atoms with van der Waals surface area (Å²) in [7, 11) is 3.86. The number of nitrogens with zero attached hydrogens (tertiary/aromatic N) is 1. The molecule has 3 atom stereocenters. The van der Waals surface area contributed by atoms with E-state index in [9.17, 15) is 9.18 Å². The molecule has 0 saturated carbocycles. The molecular weight excluding hydrogens is 333 g/mol.